The van der Waals surface area contributed by atoms with E-state index < -0.39 is 5.82 Å². The van der Waals surface area contributed by atoms with Gasteiger partial charge in [0.25, 0.3) is 0 Å². The quantitative estimate of drug-likeness (QED) is 0.508. The van der Waals surface area contributed by atoms with Gasteiger partial charge in [-0.25, -0.2) is 4.39 Å². The number of H-pyrrole nitrogens is 1. The van der Waals surface area contributed by atoms with Gasteiger partial charge in [0.2, 0.25) is 5.91 Å². The van der Waals surface area contributed by atoms with E-state index >= 15 is 4.39 Å². The Morgan fingerprint density at radius 3 is 2.83 bits per heavy atom. The summed E-state index contributed by atoms with van der Waals surface area (Å²) in [4.78, 5) is 25.3. The van der Waals surface area contributed by atoms with Crippen LogP contribution >= 0.6 is 0 Å². The second-order valence-electron chi connectivity index (χ2n) is 9.62. The zero-order valence-electron chi connectivity index (χ0n) is 20.3. The third-order valence-electron chi connectivity index (χ3n) is 6.88. The molecule has 1 saturated carbocycles. The lowest BCUT2D eigenvalue weighted by Crippen LogP contribution is -2.50. The number of ether oxygens (including phenoxy) is 1. The van der Waals surface area contributed by atoms with Crippen molar-refractivity contribution in [2.24, 2.45) is 0 Å². The van der Waals surface area contributed by atoms with Gasteiger partial charge in [-0.05, 0) is 44.7 Å². The van der Waals surface area contributed by atoms with E-state index in [1.807, 2.05) is 41.9 Å². The van der Waals surface area contributed by atoms with Gasteiger partial charge in [-0.3, -0.25) is 9.89 Å². The number of aromatic amines is 1. The van der Waals surface area contributed by atoms with Gasteiger partial charge in [-0.1, -0.05) is 17.7 Å². The highest BCUT2D eigenvalue weighted by Gasteiger charge is 2.27. The molecule has 3 aromatic rings. The predicted octanol–water partition coefficient (Wildman–Crippen LogP) is 4.38. The van der Waals surface area contributed by atoms with E-state index in [4.69, 9.17) is 4.74 Å². The van der Waals surface area contributed by atoms with Gasteiger partial charge in [0, 0.05) is 48.9 Å². The number of hydrogen-bond acceptors (Lipinski definition) is 7. The Hall–Kier alpha value is -3.95. The summed E-state index contributed by atoms with van der Waals surface area (Å²) in [6.45, 7) is 6.05. The van der Waals surface area contributed by atoms with Crippen molar-refractivity contribution < 1.29 is 13.9 Å². The molecule has 186 valence electrons. The molecule has 2 aromatic heterocycles. The minimum absolute atomic E-state index is 0.00382. The number of fused-ring (bicyclic) bond motifs is 1. The number of likely N-dealkylation sites (N-methyl/N-ethyl adjacent to an activating group) is 1. The second kappa shape index (κ2) is 8.92. The SMILES string of the molecule is CCN1CCN(c2cc(Nc3cc(C4CC4)[nH]n3)nc(Oc3ccc4c(c3F)C=C(C)C4)n2)CC1=O. The average molecular weight is 490 g/mol. The Bertz CT molecular complexity index is 1360. The van der Waals surface area contributed by atoms with E-state index in [1.54, 1.807) is 12.1 Å². The first-order chi connectivity index (χ1) is 17.5. The van der Waals surface area contributed by atoms with Gasteiger partial charge in [-0.15, -0.1) is 0 Å². The van der Waals surface area contributed by atoms with E-state index in [0.717, 1.165) is 36.1 Å². The van der Waals surface area contributed by atoms with E-state index in [-0.39, 0.29) is 24.2 Å². The number of piperazine rings is 1. The highest BCUT2D eigenvalue weighted by atomic mass is 19.1. The van der Waals surface area contributed by atoms with Gasteiger partial charge in [0.15, 0.2) is 17.4 Å². The van der Waals surface area contributed by atoms with E-state index in [1.165, 1.54) is 0 Å². The lowest BCUT2D eigenvalue weighted by atomic mass is 10.1. The highest BCUT2D eigenvalue weighted by molar-refractivity contribution is 5.82. The van der Waals surface area contributed by atoms with E-state index in [2.05, 4.69) is 25.5 Å². The smallest absolute Gasteiger partial charge is 0.326 e. The first kappa shape index (κ1) is 22.5. The third-order valence-corrected chi connectivity index (χ3v) is 6.88. The van der Waals surface area contributed by atoms with Crippen LogP contribution in [0.25, 0.3) is 6.08 Å². The molecule has 1 amide bonds. The third kappa shape index (κ3) is 4.38. The zero-order chi connectivity index (χ0) is 24.8. The molecule has 0 bridgehead atoms. The number of halogens is 1. The lowest BCUT2D eigenvalue weighted by molar-refractivity contribution is -0.130. The van der Waals surface area contributed by atoms with Crippen molar-refractivity contribution in [3.05, 3.63) is 52.5 Å². The topological polar surface area (TPSA) is 99.3 Å². The molecule has 3 heterocycles. The van der Waals surface area contributed by atoms with Gasteiger partial charge in [0.1, 0.15) is 11.6 Å². The molecule has 0 atom stereocenters. The molecule has 3 aliphatic rings. The van der Waals surface area contributed by atoms with Gasteiger partial charge >= 0.3 is 6.01 Å². The number of amides is 1. The van der Waals surface area contributed by atoms with Crippen LogP contribution in [0.2, 0.25) is 0 Å². The van der Waals surface area contributed by atoms with Crippen LogP contribution in [0.3, 0.4) is 0 Å². The molecule has 2 fully saturated rings. The van der Waals surface area contributed by atoms with E-state index in [9.17, 15) is 4.79 Å². The Morgan fingerprint density at radius 1 is 1.19 bits per heavy atom. The van der Waals surface area contributed by atoms with Crippen LogP contribution in [0.4, 0.5) is 21.8 Å². The van der Waals surface area contributed by atoms with Crippen LogP contribution in [0.1, 0.15) is 49.4 Å². The number of rotatable bonds is 7. The summed E-state index contributed by atoms with van der Waals surface area (Å²) >= 11 is 0. The number of benzene rings is 1. The van der Waals surface area contributed by atoms with Crippen molar-refractivity contribution in [3.63, 3.8) is 0 Å². The minimum atomic E-state index is -0.430. The molecule has 10 heteroatoms. The first-order valence-electron chi connectivity index (χ1n) is 12.4. The number of nitrogens with one attached hydrogen (secondary N) is 2. The molecule has 0 radical (unpaired) electrons. The van der Waals surface area contributed by atoms with Crippen molar-refractivity contribution in [2.75, 3.05) is 36.4 Å². The lowest BCUT2D eigenvalue weighted by Gasteiger charge is -2.34. The zero-order valence-corrected chi connectivity index (χ0v) is 20.3. The van der Waals surface area contributed by atoms with Crippen LogP contribution in [0.5, 0.6) is 11.8 Å². The fourth-order valence-corrected chi connectivity index (χ4v) is 4.76. The molecule has 9 nitrogen and oxygen atoms in total. The van der Waals surface area contributed by atoms with Crippen LogP contribution in [0, 0.1) is 5.82 Å². The van der Waals surface area contributed by atoms with Crippen LogP contribution in [-0.4, -0.2) is 57.2 Å². The number of anilines is 3. The van der Waals surface area contributed by atoms with Crippen molar-refractivity contribution in [1.29, 1.82) is 0 Å². The molecular formula is C26H28FN7O2. The van der Waals surface area contributed by atoms with Crippen LogP contribution in [-0.2, 0) is 11.2 Å². The molecule has 0 spiro atoms. The van der Waals surface area contributed by atoms with Crippen LogP contribution < -0.4 is 15.0 Å². The molecule has 1 aliphatic heterocycles. The summed E-state index contributed by atoms with van der Waals surface area (Å²) in [5.74, 6) is 1.81. The van der Waals surface area contributed by atoms with Gasteiger partial charge in [-0.2, -0.15) is 15.1 Å². The predicted molar refractivity (Wildman–Crippen MR) is 134 cm³/mol. The van der Waals surface area contributed by atoms with Crippen molar-refractivity contribution >= 4 is 29.4 Å². The standard InChI is InChI=1S/C26H28FN7O2/c1-3-33-8-9-34(14-24(33)35)23-13-21(28-22-12-19(31-32-22)16-4-5-16)29-26(30-23)36-20-7-6-17-10-15(2)11-18(17)25(20)27/h6-7,11-13,16H,3-5,8-10,14H2,1-2H3,(H2,28,29,30,31,32). The largest absolute Gasteiger partial charge is 0.421 e. The normalized spacial score (nSPS) is 17.3. The minimum Gasteiger partial charge on any atom is -0.421 e. The number of carbonyl (C=O) groups is 1. The molecule has 1 saturated heterocycles. The van der Waals surface area contributed by atoms with Crippen molar-refractivity contribution in [3.8, 4) is 11.8 Å². The summed E-state index contributed by atoms with van der Waals surface area (Å²) in [5, 5.41) is 10.6. The van der Waals surface area contributed by atoms with Crippen molar-refractivity contribution in [2.45, 2.75) is 39.0 Å². The Kier molecular flexibility index (Phi) is 5.58. The number of nitrogens with zero attached hydrogens (tertiary/aromatic N) is 5. The highest BCUT2D eigenvalue weighted by Crippen LogP contribution is 2.40. The first-order valence-corrected chi connectivity index (χ1v) is 12.4. The molecule has 2 N–H and O–H groups in total. The number of hydrogen-bond donors (Lipinski definition) is 2. The summed E-state index contributed by atoms with van der Waals surface area (Å²) in [6, 6.07) is 7.21. The number of aromatic nitrogens is 4. The Morgan fingerprint density at radius 2 is 2.06 bits per heavy atom. The van der Waals surface area contributed by atoms with Crippen LogP contribution in [0.15, 0.2) is 29.8 Å². The Balaban J connectivity index is 1.31. The summed E-state index contributed by atoms with van der Waals surface area (Å²) < 4.78 is 21.1. The number of allylic oxidation sites excluding steroid dienone is 1. The average Bonchev–Trinajstić information content (AvgIpc) is 3.49. The second-order valence-corrected chi connectivity index (χ2v) is 9.62. The molecule has 6 rings (SSSR count). The van der Waals surface area contributed by atoms with E-state index in [0.29, 0.717) is 48.6 Å². The van der Waals surface area contributed by atoms with Gasteiger partial charge in [0.05, 0.1) is 6.54 Å². The maximum absolute atomic E-state index is 15.2. The molecule has 0 unspecified atom stereocenters. The number of carbonyl (C=O) groups excluding carboxylic acids is 1. The van der Waals surface area contributed by atoms with Crippen molar-refractivity contribution in [1.82, 2.24) is 25.1 Å². The van der Waals surface area contributed by atoms with Gasteiger partial charge < -0.3 is 19.9 Å². The molecule has 1 aromatic carbocycles. The maximum Gasteiger partial charge on any atom is 0.326 e. The Labute approximate surface area is 208 Å². The summed E-state index contributed by atoms with van der Waals surface area (Å²) in [6.07, 6.45) is 4.90. The summed E-state index contributed by atoms with van der Waals surface area (Å²) in [5.41, 5.74) is 3.68. The monoisotopic (exact) mass is 489 g/mol. The summed E-state index contributed by atoms with van der Waals surface area (Å²) in [7, 11) is 0. The molecular weight excluding hydrogens is 461 g/mol. The fraction of sp³-hybridized carbons (Fsp3) is 0.385. The molecule has 36 heavy (non-hydrogen) atoms. The molecule has 2 aliphatic carbocycles. The fourth-order valence-electron chi connectivity index (χ4n) is 4.76. The maximum atomic E-state index is 15.2.